The Bertz CT molecular complexity index is 126. The summed E-state index contributed by atoms with van der Waals surface area (Å²) in [6.07, 6.45) is 3.24. The van der Waals surface area contributed by atoms with Crippen molar-refractivity contribution >= 4 is 0 Å². The maximum Gasteiger partial charge on any atom is 0.0648 e. The maximum absolute atomic E-state index is 5.74. The fourth-order valence-electron chi connectivity index (χ4n) is 1.07. The van der Waals surface area contributed by atoms with Crippen LogP contribution in [0.5, 0.6) is 0 Å². The Balaban J connectivity index is 3.40. The van der Waals surface area contributed by atoms with Crippen LogP contribution in [0.1, 0.15) is 40.0 Å². The minimum absolute atomic E-state index is 0.0657. The predicted molar refractivity (Wildman–Crippen MR) is 59.4 cm³/mol. The van der Waals surface area contributed by atoms with Gasteiger partial charge in [0.25, 0.3) is 0 Å². The van der Waals surface area contributed by atoms with Crippen molar-refractivity contribution in [1.82, 2.24) is 0 Å². The van der Waals surface area contributed by atoms with Gasteiger partial charge < -0.3 is 15.2 Å². The molecule has 0 bridgehead atoms. The third-order valence-corrected chi connectivity index (χ3v) is 2.10. The van der Waals surface area contributed by atoms with E-state index in [1.807, 2.05) is 0 Å². The Morgan fingerprint density at radius 2 is 1.86 bits per heavy atom. The smallest absolute Gasteiger partial charge is 0.0648 e. The maximum atomic E-state index is 5.74. The third-order valence-electron chi connectivity index (χ3n) is 2.10. The molecule has 0 aliphatic rings. The van der Waals surface area contributed by atoms with E-state index in [0.29, 0.717) is 13.2 Å². The molecule has 0 radical (unpaired) electrons. The van der Waals surface area contributed by atoms with Crippen LogP contribution < -0.4 is 5.73 Å². The van der Waals surface area contributed by atoms with Gasteiger partial charge in [0.2, 0.25) is 0 Å². The van der Waals surface area contributed by atoms with Gasteiger partial charge in [0.1, 0.15) is 0 Å². The average molecular weight is 203 g/mol. The minimum Gasteiger partial charge on any atom is -0.380 e. The first-order valence-electron chi connectivity index (χ1n) is 5.54. The highest BCUT2D eigenvalue weighted by atomic mass is 16.5. The van der Waals surface area contributed by atoms with E-state index in [1.54, 1.807) is 0 Å². The van der Waals surface area contributed by atoms with E-state index in [9.17, 15) is 0 Å². The van der Waals surface area contributed by atoms with E-state index in [0.717, 1.165) is 26.1 Å². The van der Waals surface area contributed by atoms with Crippen molar-refractivity contribution in [3.05, 3.63) is 0 Å². The van der Waals surface area contributed by atoms with Gasteiger partial charge in [-0.2, -0.15) is 0 Å². The summed E-state index contributed by atoms with van der Waals surface area (Å²) < 4.78 is 11.1. The normalized spacial score (nSPS) is 12.0. The quantitative estimate of drug-likeness (QED) is 0.582. The Morgan fingerprint density at radius 3 is 2.43 bits per heavy atom. The molecule has 0 atom stereocenters. The van der Waals surface area contributed by atoms with Gasteiger partial charge in [-0.3, -0.25) is 0 Å². The van der Waals surface area contributed by atoms with Gasteiger partial charge in [0.15, 0.2) is 0 Å². The first-order chi connectivity index (χ1) is 6.62. The van der Waals surface area contributed by atoms with E-state index in [4.69, 9.17) is 15.2 Å². The lowest BCUT2D eigenvalue weighted by Crippen LogP contribution is -2.27. The van der Waals surface area contributed by atoms with Crippen molar-refractivity contribution in [2.75, 3.05) is 26.4 Å². The fourth-order valence-corrected chi connectivity index (χ4v) is 1.07. The zero-order valence-corrected chi connectivity index (χ0v) is 9.84. The summed E-state index contributed by atoms with van der Waals surface area (Å²) in [5.74, 6) is 0. The third kappa shape index (κ3) is 8.48. The zero-order chi connectivity index (χ0) is 10.9. The number of hydrogen-bond acceptors (Lipinski definition) is 3. The first-order valence-corrected chi connectivity index (χ1v) is 5.54. The van der Waals surface area contributed by atoms with E-state index in [2.05, 4.69) is 20.8 Å². The molecule has 0 aromatic carbocycles. The molecule has 3 nitrogen and oxygen atoms in total. The predicted octanol–water partition coefficient (Wildman–Crippen LogP) is 1.95. The molecule has 3 heteroatoms. The van der Waals surface area contributed by atoms with E-state index in [-0.39, 0.29) is 5.60 Å². The van der Waals surface area contributed by atoms with Crippen molar-refractivity contribution in [1.29, 1.82) is 0 Å². The van der Waals surface area contributed by atoms with Gasteiger partial charge in [0, 0.05) is 19.8 Å². The van der Waals surface area contributed by atoms with Gasteiger partial charge in [-0.1, -0.05) is 13.3 Å². The van der Waals surface area contributed by atoms with Crippen molar-refractivity contribution in [3.63, 3.8) is 0 Å². The van der Waals surface area contributed by atoms with Crippen LogP contribution in [0.15, 0.2) is 0 Å². The molecule has 0 amide bonds. The molecule has 0 aromatic rings. The number of unbranched alkanes of at least 4 members (excludes halogenated alkanes) is 1. The summed E-state index contributed by atoms with van der Waals surface area (Å²) >= 11 is 0. The lowest BCUT2D eigenvalue weighted by molar-refractivity contribution is -0.0411. The summed E-state index contributed by atoms with van der Waals surface area (Å²) in [6, 6.07) is 0. The van der Waals surface area contributed by atoms with Crippen molar-refractivity contribution < 1.29 is 9.47 Å². The van der Waals surface area contributed by atoms with Gasteiger partial charge >= 0.3 is 0 Å². The Labute approximate surface area is 88.0 Å². The van der Waals surface area contributed by atoms with Gasteiger partial charge in [-0.05, 0) is 26.7 Å². The van der Waals surface area contributed by atoms with Gasteiger partial charge in [-0.15, -0.1) is 0 Å². The molecule has 2 N–H and O–H groups in total. The highest BCUT2D eigenvalue weighted by Crippen LogP contribution is 2.14. The first kappa shape index (κ1) is 13.9. The molecule has 0 heterocycles. The minimum atomic E-state index is -0.0657. The molecule has 0 saturated heterocycles. The lowest BCUT2D eigenvalue weighted by atomic mass is 10.1. The molecule has 0 saturated carbocycles. The van der Waals surface area contributed by atoms with Crippen LogP contribution in [0.4, 0.5) is 0 Å². The topological polar surface area (TPSA) is 44.5 Å². The number of rotatable bonds is 9. The van der Waals surface area contributed by atoms with E-state index < -0.39 is 0 Å². The standard InChI is InChI=1S/C11H25NO2/c1-4-5-8-14-11(2,3)6-9-13-10-7-12/h4-10,12H2,1-3H3. The van der Waals surface area contributed by atoms with Crippen LogP contribution in [-0.4, -0.2) is 32.0 Å². The second kappa shape index (κ2) is 8.21. The SMILES string of the molecule is CCCCOC(C)(C)CCOCCN. The van der Waals surface area contributed by atoms with Gasteiger partial charge in [-0.25, -0.2) is 0 Å². The number of hydrogen-bond donors (Lipinski definition) is 1. The van der Waals surface area contributed by atoms with Gasteiger partial charge in [0.05, 0.1) is 12.2 Å². The highest BCUT2D eigenvalue weighted by Gasteiger charge is 2.17. The van der Waals surface area contributed by atoms with Crippen molar-refractivity contribution in [2.24, 2.45) is 5.73 Å². The molecule has 0 rings (SSSR count). The molecular formula is C11H25NO2. The molecule has 0 unspecified atom stereocenters. The monoisotopic (exact) mass is 203 g/mol. The number of ether oxygens (including phenoxy) is 2. The fraction of sp³-hybridized carbons (Fsp3) is 1.00. The molecule has 0 aliphatic heterocycles. The van der Waals surface area contributed by atoms with E-state index in [1.165, 1.54) is 6.42 Å². The molecule has 86 valence electrons. The summed E-state index contributed by atoms with van der Waals surface area (Å²) in [5.41, 5.74) is 5.25. The number of nitrogens with two attached hydrogens (primary N) is 1. The van der Waals surface area contributed by atoms with Crippen LogP contribution in [0.25, 0.3) is 0 Å². The highest BCUT2D eigenvalue weighted by molar-refractivity contribution is 4.67. The molecule has 0 aliphatic carbocycles. The lowest BCUT2D eigenvalue weighted by Gasteiger charge is -2.25. The van der Waals surface area contributed by atoms with Crippen molar-refractivity contribution in [3.8, 4) is 0 Å². The summed E-state index contributed by atoms with van der Waals surface area (Å²) in [7, 11) is 0. The van der Waals surface area contributed by atoms with Crippen LogP contribution in [0.3, 0.4) is 0 Å². The Hall–Kier alpha value is -0.120. The second-order valence-electron chi connectivity index (χ2n) is 4.11. The molecule has 0 fully saturated rings. The summed E-state index contributed by atoms with van der Waals surface area (Å²) in [4.78, 5) is 0. The zero-order valence-electron chi connectivity index (χ0n) is 9.84. The molecule has 0 aromatic heterocycles. The second-order valence-corrected chi connectivity index (χ2v) is 4.11. The Kier molecular flexibility index (Phi) is 8.14. The Morgan fingerprint density at radius 1 is 1.14 bits per heavy atom. The molecule has 14 heavy (non-hydrogen) atoms. The van der Waals surface area contributed by atoms with Crippen LogP contribution in [-0.2, 0) is 9.47 Å². The van der Waals surface area contributed by atoms with E-state index >= 15 is 0 Å². The molecular weight excluding hydrogens is 178 g/mol. The van der Waals surface area contributed by atoms with Crippen LogP contribution >= 0.6 is 0 Å². The van der Waals surface area contributed by atoms with Crippen molar-refractivity contribution in [2.45, 2.75) is 45.6 Å². The average Bonchev–Trinajstić information content (AvgIpc) is 2.13. The van der Waals surface area contributed by atoms with Crippen LogP contribution in [0, 0.1) is 0 Å². The summed E-state index contributed by atoms with van der Waals surface area (Å²) in [6.45, 7) is 9.20. The molecule has 0 spiro atoms. The largest absolute Gasteiger partial charge is 0.380 e. The summed E-state index contributed by atoms with van der Waals surface area (Å²) in [5, 5.41) is 0. The van der Waals surface area contributed by atoms with Crippen LogP contribution in [0.2, 0.25) is 0 Å².